The standard InChI is InChI=1S/C28H28ClN3O4/c1-17(2)25(27(34)36-3)31-26(33)20-6-4-18(5-7-20)19-8-11-23(12-9-19)30-28(35)32-15-14-21-16-22(29)10-13-24(21)32/h4-13,16-17,25H,14-15H2,1-3H3,(H,30,35)(H,31,33)/t25-/m1/s1. The first-order chi connectivity index (χ1) is 17.3. The van der Waals surface area contributed by atoms with Gasteiger partial charge in [0.05, 0.1) is 7.11 Å². The first kappa shape index (κ1) is 25.3. The summed E-state index contributed by atoms with van der Waals surface area (Å²) in [6.07, 6.45) is 0.775. The Kier molecular flexibility index (Phi) is 7.60. The van der Waals surface area contributed by atoms with Crippen molar-refractivity contribution in [2.24, 2.45) is 5.92 Å². The van der Waals surface area contributed by atoms with Crippen LogP contribution in [0.1, 0.15) is 29.8 Å². The Hall–Kier alpha value is -3.84. The Morgan fingerprint density at radius 3 is 2.19 bits per heavy atom. The highest BCUT2D eigenvalue weighted by Crippen LogP contribution is 2.31. The molecule has 186 valence electrons. The number of rotatable bonds is 6. The van der Waals surface area contributed by atoms with Gasteiger partial charge in [-0.15, -0.1) is 0 Å². The monoisotopic (exact) mass is 505 g/mol. The molecular formula is C28H28ClN3O4. The number of methoxy groups -OCH3 is 1. The van der Waals surface area contributed by atoms with E-state index in [1.165, 1.54) is 7.11 Å². The molecule has 2 N–H and O–H groups in total. The van der Waals surface area contributed by atoms with E-state index in [9.17, 15) is 14.4 Å². The van der Waals surface area contributed by atoms with Crippen LogP contribution in [-0.2, 0) is 16.0 Å². The number of nitrogens with one attached hydrogen (secondary N) is 2. The van der Waals surface area contributed by atoms with Crippen molar-refractivity contribution < 1.29 is 19.1 Å². The van der Waals surface area contributed by atoms with Crippen LogP contribution in [0.15, 0.2) is 66.7 Å². The van der Waals surface area contributed by atoms with Crippen LogP contribution in [0, 0.1) is 5.92 Å². The number of hydrogen-bond donors (Lipinski definition) is 2. The SMILES string of the molecule is COC(=O)[C@H](NC(=O)c1ccc(-c2ccc(NC(=O)N3CCc4cc(Cl)ccc43)cc2)cc1)C(C)C. The summed E-state index contributed by atoms with van der Waals surface area (Å²) >= 11 is 6.06. The van der Waals surface area contributed by atoms with E-state index in [0.29, 0.717) is 22.8 Å². The van der Waals surface area contributed by atoms with E-state index in [1.807, 2.05) is 62.4 Å². The van der Waals surface area contributed by atoms with Crippen LogP contribution >= 0.6 is 11.6 Å². The zero-order valence-corrected chi connectivity index (χ0v) is 21.1. The molecule has 1 atom stereocenters. The molecule has 0 radical (unpaired) electrons. The second kappa shape index (κ2) is 10.8. The zero-order chi connectivity index (χ0) is 25.8. The van der Waals surface area contributed by atoms with Crippen LogP contribution in [0.25, 0.3) is 11.1 Å². The minimum atomic E-state index is -0.711. The van der Waals surface area contributed by atoms with Gasteiger partial charge in [-0.2, -0.15) is 0 Å². The maximum atomic E-state index is 12.8. The molecule has 0 saturated heterocycles. The van der Waals surface area contributed by atoms with Gasteiger partial charge in [0.25, 0.3) is 5.91 Å². The van der Waals surface area contributed by atoms with Crippen molar-refractivity contribution in [1.82, 2.24) is 5.32 Å². The first-order valence-corrected chi connectivity index (χ1v) is 12.1. The normalized spacial score (nSPS) is 13.2. The van der Waals surface area contributed by atoms with Crippen LogP contribution in [0.5, 0.6) is 0 Å². The smallest absolute Gasteiger partial charge is 0.328 e. The van der Waals surface area contributed by atoms with Gasteiger partial charge in [-0.05, 0) is 71.5 Å². The van der Waals surface area contributed by atoms with Crippen molar-refractivity contribution in [3.05, 3.63) is 82.9 Å². The zero-order valence-electron chi connectivity index (χ0n) is 20.4. The Labute approximate surface area is 215 Å². The van der Waals surface area contributed by atoms with E-state index in [4.69, 9.17) is 16.3 Å². The molecule has 7 nitrogen and oxygen atoms in total. The average molecular weight is 506 g/mol. The van der Waals surface area contributed by atoms with Crippen molar-refractivity contribution >= 4 is 40.9 Å². The molecule has 3 aromatic carbocycles. The summed E-state index contributed by atoms with van der Waals surface area (Å²) in [5.74, 6) is -0.909. The molecule has 1 aliphatic rings. The Balaban J connectivity index is 1.39. The third-order valence-electron chi connectivity index (χ3n) is 6.21. The number of hydrogen-bond acceptors (Lipinski definition) is 4. The van der Waals surface area contributed by atoms with Crippen molar-refractivity contribution in [3.8, 4) is 11.1 Å². The Morgan fingerprint density at radius 2 is 1.58 bits per heavy atom. The van der Waals surface area contributed by atoms with Crippen LogP contribution in [-0.4, -0.2) is 37.6 Å². The largest absolute Gasteiger partial charge is 0.467 e. The third kappa shape index (κ3) is 5.52. The average Bonchev–Trinajstić information content (AvgIpc) is 3.30. The topological polar surface area (TPSA) is 87.7 Å². The summed E-state index contributed by atoms with van der Waals surface area (Å²) in [6, 6.07) is 19.3. The highest BCUT2D eigenvalue weighted by Gasteiger charge is 2.26. The van der Waals surface area contributed by atoms with Crippen molar-refractivity contribution in [2.45, 2.75) is 26.3 Å². The summed E-state index contributed by atoms with van der Waals surface area (Å²) in [6.45, 7) is 4.30. The van der Waals surface area contributed by atoms with Crippen LogP contribution in [0.3, 0.4) is 0 Å². The molecule has 3 amide bonds. The molecule has 4 rings (SSSR count). The first-order valence-electron chi connectivity index (χ1n) is 11.7. The number of carbonyl (C=O) groups excluding carboxylic acids is 3. The van der Waals surface area contributed by atoms with Crippen LogP contribution in [0.2, 0.25) is 5.02 Å². The number of urea groups is 1. The minimum absolute atomic E-state index is 0.0987. The Bertz CT molecular complexity index is 1270. The second-order valence-corrected chi connectivity index (χ2v) is 9.41. The second-order valence-electron chi connectivity index (χ2n) is 8.98. The molecule has 3 aromatic rings. The number of anilines is 2. The number of ether oxygens (including phenoxy) is 1. The van der Waals surface area contributed by atoms with Gasteiger partial charge < -0.3 is 15.4 Å². The van der Waals surface area contributed by atoms with Gasteiger partial charge in [0.15, 0.2) is 0 Å². The van der Waals surface area contributed by atoms with Gasteiger partial charge >= 0.3 is 12.0 Å². The fourth-order valence-electron chi connectivity index (χ4n) is 4.18. The molecular weight excluding hydrogens is 478 g/mol. The van der Waals surface area contributed by atoms with Crippen molar-refractivity contribution in [2.75, 3.05) is 23.9 Å². The molecule has 1 heterocycles. The highest BCUT2D eigenvalue weighted by molar-refractivity contribution is 6.30. The molecule has 0 spiro atoms. The fraction of sp³-hybridized carbons (Fsp3) is 0.250. The van der Waals surface area contributed by atoms with Gasteiger partial charge in [0.2, 0.25) is 0 Å². The van der Waals surface area contributed by atoms with E-state index in [1.54, 1.807) is 23.1 Å². The van der Waals surface area contributed by atoms with E-state index in [2.05, 4.69) is 10.6 Å². The quantitative estimate of drug-likeness (QED) is 0.431. The van der Waals surface area contributed by atoms with E-state index in [-0.39, 0.29) is 17.9 Å². The maximum absolute atomic E-state index is 12.8. The van der Waals surface area contributed by atoms with Crippen LogP contribution in [0.4, 0.5) is 16.2 Å². The van der Waals surface area contributed by atoms with E-state index >= 15 is 0 Å². The summed E-state index contributed by atoms with van der Waals surface area (Å²) in [5.41, 5.74) is 4.94. The number of nitrogens with zero attached hydrogens (tertiary/aromatic N) is 1. The molecule has 0 unspecified atom stereocenters. The maximum Gasteiger partial charge on any atom is 0.328 e. The fourth-order valence-corrected chi connectivity index (χ4v) is 4.38. The number of esters is 1. The molecule has 0 aromatic heterocycles. The van der Waals surface area contributed by atoms with E-state index in [0.717, 1.165) is 28.8 Å². The summed E-state index contributed by atoms with van der Waals surface area (Å²) in [7, 11) is 1.30. The predicted octanol–water partition coefficient (Wildman–Crippen LogP) is 5.53. The number of carbonyl (C=O) groups is 3. The summed E-state index contributed by atoms with van der Waals surface area (Å²) < 4.78 is 4.78. The summed E-state index contributed by atoms with van der Waals surface area (Å²) in [5, 5.41) is 6.35. The lowest BCUT2D eigenvalue weighted by atomic mass is 10.0. The molecule has 0 aliphatic carbocycles. The number of amides is 3. The number of benzene rings is 3. The lowest BCUT2D eigenvalue weighted by Gasteiger charge is -2.19. The lowest BCUT2D eigenvalue weighted by Crippen LogP contribution is -2.45. The van der Waals surface area contributed by atoms with Crippen LogP contribution < -0.4 is 15.5 Å². The van der Waals surface area contributed by atoms with Crippen molar-refractivity contribution in [3.63, 3.8) is 0 Å². The molecule has 1 aliphatic heterocycles. The van der Waals surface area contributed by atoms with Crippen molar-refractivity contribution in [1.29, 1.82) is 0 Å². The van der Waals surface area contributed by atoms with Gasteiger partial charge in [-0.3, -0.25) is 9.69 Å². The highest BCUT2D eigenvalue weighted by atomic mass is 35.5. The molecule has 0 bridgehead atoms. The molecule has 8 heteroatoms. The van der Waals surface area contributed by atoms with Gasteiger partial charge in [-0.1, -0.05) is 49.7 Å². The third-order valence-corrected chi connectivity index (χ3v) is 6.44. The Morgan fingerprint density at radius 1 is 0.944 bits per heavy atom. The minimum Gasteiger partial charge on any atom is -0.467 e. The number of fused-ring (bicyclic) bond motifs is 1. The molecule has 36 heavy (non-hydrogen) atoms. The molecule has 0 saturated carbocycles. The predicted molar refractivity (Wildman–Crippen MR) is 142 cm³/mol. The van der Waals surface area contributed by atoms with Gasteiger partial charge in [-0.25, -0.2) is 9.59 Å². The van der Waals surface area contributed by atoms with Gasteiger partial charge in [0, 0.05) is 28.5 Å². The number of halogens is 1. The van der Waals surface area contributed by atoms with E-state index < -0.39 is 12.0 Å². The lowest BCUT2D eigenvalue weighted by molar-refractivity contribution is -0.144. The molecule has 0 fully saturated rings. The summed E-state index contributed by atoms with van der Waals surface area (Å²) in [4.78, 5) is 39.1. The van der Waals surface area contributed by atoms with Gasteiger partial charge in [0.1, 0.15) is 6.04 Å².